The molecule has 0 heterocycles. The van der Waals surface area contributed by atoms with Crippen molar-refractivity contribution in [2.75, 3.05) is 19.8 Å². The van der Waals surface area contributed by atoms with Crippen LogP contribution in [0.3, 0.4) is 0 Å². The molecule has 0 aliphatic heterocycles. The molecule has 0 aromatic carbocycles. The van der Waals surface area contributed by atoms with Gasteiger partial charge in [0, 0.05) is 13.3 Å². The Morgan fingerprint density at radius 1 is 0.917 bits per heavy atom. The van der Waals surface area contributed by atoms with Gasteiger partial charge >= 0.3 is 19.8 Å². The molecular formula is C24H42NO10P. The summed E-state index contributed by atoms with van der Waals surface area (Å²) in [6.45, 7) is 1.31. The van der Waals surface area contributed by atoms with E-state index in [2.05, 4.69) is 40.3 Å². The SMILES string of the molecule is CCC/C=C\C/C=C\CCCCCCCC(=O)OCC(O)COP(=O)(O)OCC(NC(C)=O)C(=O)O. The van der Waals surface area contributed by atoms with Gasteiger partial charge in [0.05, 0.1) is 13.2 Å². The normalized spacial score (nSPS) is 15.0. The lowest BCUT2D eigenvalue weighted by atomic mass is 10.1. The van der Waals surface area contributed by atoms with E-state index >= 15 is 0 Å². The van der Waals surface area contributed by atoms with E-state index in [0.29, 0.717) is 6.42 Å². The minimum absolute atomic E-state index is 0.207. The van der Waals surface area contributed by atoms with E-state index in [1.807, 2.05) is 5.32 Å². The molecule has 0 aromatic rings. The summed E-state index contributed by atoms with van der Waals surface area (Å²) in [6.07, 6.45) is 16.7. The lowest BCUT2D eigenvalue weighted by Crippen LogP contribution is -2.42. The number of amides is 1. The first-order chi connectivity index (χ1) is 17.1. The van der Waals surface area contributed by atoms with E-state index in [0.717, 1.165) is 51.9 Å². The van der Waals surface area contributed by atoms with Crippen LogP contribution in [0, 0.1) is 0 Å². The fraction of sp³-hybridized carbons (Fsp3) is 0.708. The standard InChI is InChI=1S/C24H42NO10P/c1-3-4-5-6-7-8-9-10-11-12-13-14-15-16-23(28)33-17-21(27)18-34-36(31,32)35-19-22(24(29)30)25-20(2)26/h5-6,8-9,21-22,27H,3-4,7,10-19H2,1-2H3,(H,25,26)(H,29,30)(H,31,32)/b6-5-,9-8-. The zero-order valence-corrected chi connectivity index (χ0v) is 22.2. The predicted molar refractivity (Wildman–Crippen MR) is 134 cm³/mol. The number of rotatable bonds is 22. The maximum absolute atomic E-state index is 11.8. The third-order valence-corrected chi connectivity index (χ3v) is 5.71. The summed E-state index contributed by atoms with van der Waals surface area (Å²) in [5.74, 6) is -2.61. The van der Waals surface area contributed by atoms with Gasteiger partial charge in [-0.15, -0.1) is 0 Å². The summed E-state index contributed by atoms with van der Waals surface area (Å²) in [5.41, 5.74) is 0. The number of ether oxygens (including phenoxy) is 1. The maximum atomic E-state index is 11.8. The Morgan fingerprint density at radius 3 is 2.17 bits per heavy atom. The highest BCUT2D eigenvalue weighted by molar-refractivity contribution is 7.47. The lowest BCUT2D eigenvalue weighted by Gasteiger charge is -2.18. The molecule has 208 valence electrons. The van der Waals surface area contributed by atoms with Crippen molar-refractivity contribution in [3.63, 3.8) is 0 Å². The van der Waals surface area contributed by atoms with Crippen molar-refractivity contribution in [2.45, 2.75) is 90.2 Å². The third kappa shape index (κ3) is 21.3. The van der Waals surface area contributed by atoms with Crippen LogP contribution < -0.4 is 5.32 Å². The van der Waals surface area contributed by atoms with E-state index < -0.39 is 57.6 Å². The molecule has 0 aliphatic carbocycles. The molecule has 0 aliphatic rings. The molecule has 12 heteroatoms. The number of carbonyl (C=O) groups is 3. The van der Waals surface area contributed by atoms with Crippen LogP contribution in [-0.4, -0.2) is 64.9 Å². The van der Waals surface area contributed by atoms with E-state index in [1.165, 1.54) is 6.42 Å². The molecule has 3 atom stereocenters. The quantitative estimate of drug-likeness (QED) is 0.0695. The van der Waals surface area contributed by atoms with E-state index in [4.69, 9.17) is 9.84 Å². The van der Waals surface area contributed by atoms with Crippen LogP contribution in [0.15, 0.2) is 24.3 Å². The number of aliphatic hydroxyl groups is 1. The Bertz CT molecular complexity index is 740. The fourth-order valence-corrected chi connectivity index (χ4v) is 3.62. The first-order valence-electron chi connectivity index (χ1n) is 12.3. The molecule has 3 unspecified atom stereocenters. The number of carbonyl (C=O) groups excluding carboxylic acids is 2. The molecule has 11 nitrogen and oxygen atoms in total. The first kappa shape index (κ1) is 34.0. The van der Waals surface area contributed by atoms with Gasteiger partial charge in [0.25, 0.3) is 0 Å². The van der Waals surface area contributed by atoms with Crippen LogP contribution in [-0.2, 0) is 32.7 Å². The number of unbranched alkanes of at least 4 members (excludes halogenated alkanes) is 6. The Balaban J connectivity index is 3.86. The van der Waals surface area contributed by atoms with E-state index in [1.54, 1.807) is 0 Å². The van der Waals surface area contributed by atoms with Crippen LogP contribution in [0.2, 0.25) is 0 Å². The number of esters is 1. The number of nitrogens with one attached hydrogen (secondary N) is 1. The maximum Gasteiger partial charge on any atom is 0.472 e. The van der Waals surface area contributed by atoms with Gasteiger partial charge in [-0.25, -0.2) is 9.36 Å². The Hall–Kier alpha value is -2.04. The van der Waals surface area contributed by atoms with Gasteiger partial charge in [-0.1, -0.05) is 56.9 Å². The number of hydrogen-bond acceptors (Lipinski definition) is 8. The van der Waals surface area contributed by atoms with Crippen LogP contribution >= 0.6 is 7.82 Å². The van der Waals surface area contributed by atoms with Crippen LogP contribution in [0.25, 0.3) is 0 Å². The zero-order valence-electron chi connectivity index (χ0n) is 21.3. The number of carboxylic acid groups (broad SMARTS) is 1. The van der Waals surface area contributed by atoms with Crippen LogP contribution in [0.5, 0.6) is 0 Å². The third-order valence-electron chi connectivity index (χ3n) is 4.76. The van der Waals surface area contributed by atoms with Gasteiger partial charge in [0.1, 0.15) is 12.7 Å². The number of allylic oxidation sites excluding steroid dienone is 4. The van der Waals surface area contributed by atoms with Gasteiger partial charge in [0.2, 0.25) is 5.91 Å². The van der Waals surface area contributed by atoms with Gasteiger partial charge in [-0.2, -0.15) is 0 Å². The van der Waals surface area contributed by atoms with E-state index in [-0.39, 0.29) is 6.42 Å². The van der Waals surface area contributed by atoms with Crippen LogP contribution in [0.4, 0.5) is 0 Å². The molecule has 36 heavy (non-hydrogen) atoms. The fourth-order valence-electron chi connectivity index (χ4n) is 2.85. The number of carboxylic acids is 1. The number of hydrogen-bond donors (Lipinski definition) is 4. The van der Waals surface area contributed by atoms with E-state index in [9.17, 15) is 28.9 Å². The Morgan fingerprint density at radius 2 is 1.53 bits per heavy atom. The molecule has 0 spiro atoms. The molecule has 1 amide bonds. The minimum atomic E-state index is -4.70. The van der Waals surface area contributed by atoms with Crippen molar-refractivity contribution in [3.05, 3.63) is 24.3 Å². The molecule has 0 radical (unpaired) electrons. The highest BCUT2D eigenvalue weighted by Gasteiger charge is 2.28. The van der Waals surface area contributed by atoms with Crippen molar-refractivity contribution in [3.8, 4) is 0 Å². The van der Waals surface area contributed by atoms with Gasteiger partial charge < -0.3 is 25.2 Å². The summed E-state index contributed by atoms with van der Waals surface area (Å²) >= 11 is 0. The molecule has 4 N–H and O–H groups in total. The average molecular weight is 536 g/mol. The van der Waals surface area contributed by atoms with Crippen molar-refractivity contribution in [1.29, 1.82) is 0 Å². The van der Waals surface area contributed by atoms with Gasteiger partial charge in [0.15, 0.2) is 6.04 Å². The summed E-state index contributed by atoms with van der Waals surface area (Å²) in [7, 11) is -4.70. The highest BCUT2D eigenvalue weighted by Crippen LogP contribution is 2.43. The minimum Gasteiger partial charge on any atom is -0.480 e. The summed E-state index contributed by atoms with van der Waals surface area (Å²) in [4.78, 5) is 43.3. The number of phosphoric acid groups is 1. The second-order valence-corrected chi connectivity index (χ2v) is 9.72. The first-order valence-corrected chi connectivity index (χ1v) is 13.8. The number of phosphoric ester groups is 1. The molecule has 0 saturated carbocycles. The predicted octanol–water partition coefficient (Wildman–Crippen LogP) is 3.65. The highest BCUT2D eigenvalue weighted by atomic mass is 31.2. The molecule has 0 fully saturated rings. The summed E-state index contributed by atoms with van der Waals surface area (Å²) in [5, 5.41) is 20.7. The second kappa shape index (κ2) is 21.1. The molecular weight excluding hydrogens is 493 g/mol. The molecule has 0 saturated heterocycles. The topological polar surface area (TPSA) is 169 Å². The van der Waals surface area contributed by atoms with Crippen molar-refractivity contribution >= 4 is 25.7 Å². The lowest BCUT2D eigenvalue weighted by molar-refractivity contribution is -0.147. The Labute approximate surface area is 213 Å². The van der Waals surface area contributed by atoms with Crippen molar-refractivity contribution < 1.29 is 47.8 Å². The van der Waals surface area contributed by atoms with Gasteiger partial charge in [-0.3, -0.25) is 18.6 Å². The molecule has 0 aromatic heterocycles. The summed E-state index contributed by atoms with van der Waals surface area (Å²) in [6, 6.07) is -1.54. The zero-order chi connectivity index (χ0) is 27.2. The summed E-state index contributed by atoms with van der Waals surface area (Å²) < 4.78 is 25.8. The number of aliphatic carboxylic acids is 1. The van der Waals surface area contributed by atoms with Crippen molar-refractivity contribution in [2.24, 2.45) is 0 Å². The largest absolute Gasteiger partial charge is 0.480 e. The van der Waals surface area contributed by atoms with Gasteiger partial charge in [-0.05, 0) is 32.1 Å². The average Bonchev–Trinajstić information content (AvgIpc) is 2.81. The molecule has 0 rings (SSSR count). The molecule has 0 bridgehead atoms. The van der Waals surface area contributed by atoms with Crippen molar-refractivity contribution in [1.82, 2.24) is 5.32 Å². The van der Waals surface area contributed by atoms with Crippen LogP contribution in [0.1, 0.15) is 78.1 Å². The smallest absolute Gasteiger partial charge is 0.472 e. The second-order valence-electron chi connectivity index (χ2n) is 8.26. The number of aliphatic hydroxyl groups excluding tert-OH is 1. The monoisotopic (exact) mass is 535 g/mol. The Kier molecular flexibility index (Phi) is 19.9.